The Bertz CT molecular complexity index is 3320. The summed E-state index contributed by atoms with van der Waals surface area (Å²) < 4.78 is 15.1. The molecule has 2 amide bonds. The van der Waals surface area contributed by atoms with Gasteiger partial charge in [0, 0.05) is 51.9 Å². The predicted molar refractivity (Wildman–Crippen MR) is 577 cm³/mol. The van der Waals surface area contributed by atoms with Gasteiger partial charge in [-0.15, -0.1) is 0 Å². The highest BCUT2D eigenvalue weighted by Crippen LogP contribution is 2.25. The molecule has 764 valence electrons. The van der Waals surface area contributed by atoms with Crippen molar-refractivity contribution in [3.8, 4) is 11.5 Å². The number of carbonyl (C=O) groups is 4. The molecule has 0 saturated carbocycles. The molecule has 0 aliphatic carbocycles. The average molecular weight is 1880 g/mol. The number of aromatic hydroxyl groups is 2. The van der Waals surface area contributed by atoms with Gasteiger partial charge >= 0.3 is 11.9 Å². The Kier molecular flexibility index (Phi) is 117. The Balaban J connectivity index is -0.000000797. The molecule has 0 heterocycles. The van der Waals surface area contributed by atoms with Crippen LogP contribution >= 0.6 is 0 Å². The van der Waals surface area contributed by atoms with E-state index in [-0.39, 0.29) is 68.3 Å². The van der Waals surface area contributed by atoms with Crippen LogP contribution in [0.5, 0.6) is 11.5 Å². The van der Waals surface area contributed by atoms with Crippen molar-refractivity contribution in [3.05, 3.63) is 267 Å². The molecule has 0 saturated heterocycles. The SMILES string of the molecule is CCCCC/C=C\C/C=C\C/C=C\C/C=C\CCCC(=O)NCCO.CCCCC/C=C\C/C=C\C/C=C\C/C=C\CCCC(=O)NCCc1ccc(O)c(O)c1.CCCCC/C=C\C/C=C\C/C=C\C/C=C\CCCC(=O)OC(CO)CO.CCCCC/C=C\C/C=C\C/C=C\C/C=C\CCCC(=O)OCCN.CCCCC/C=C\C/C=C\C/C=C\C/C=C\CCCCOC(CO)CO. The molecule has 0 bridgehead atoms. The number of aliphatic hydroxyl groups is 5. The van der Waals surface area contributed by atoms with Crippen LogP contribution in [0.25, 0.3) is 0 Å². The molecule has 0 aliphatic rings. The van der Waals surface area contributed by atoms with Crippen molar-refractivity contribution in [1.29, 1.82) is 0 Å². The van der Waals surface area contributed by atoms with Crippen molar-refractivity contribution in [2.24, 2.45) is 5.73 Å². The third-order valence-electron chi connectivity index (χ3n) is 20.2. The smallest absolute Gasteiger partial charge is 0.306 e. The van der Waals surface area contributed by atoms with Crippen LogP contribution < -0.4 is 16.4 Å². The zero-order valence-electron chi connectivity index (χ0n) is 85.2. The molecule has 17 heteroatoms. The van der Waals surface area contributed by atoms with E-state index in [9.17, 15) is 29.4 Å². The number of carbonyl (C=O) groups excluding carboxylic acids is 4. The lowest BCUT2D eigenvalue weighted by Crippen LogP contribution is -2.25. The number of rotatable bonds is 84. The number of aliphatic hydroxyl groups excluding tert-OH is 5. The van der Waals surface area contributed by atoms with Gasteiger partial charge in [0.1, 0.15) is 18.8 Å². The standard InChI is InChI=1S/C28H41NO3.C23H38O4.C23H40O3.2C22H37NO2/c1-2-3-4-5-6-7-8-9-10-11-12-13-14-15-16-17-18-19-28(32)29-23-22-25-20-21-26(30)27(31)24-25;1-2-3-4-5-6-7-8-9-10-11-12-13-14-15-16-17-18-19-23(26)27-22(20-24)21-25;1-2-3-4-5-6-7-8-9-10-11-12-13-14-15-16-17-18-19-20-26-23(21-24)22-25;1-2-3-4-5-6-7-8-9-10-11-12-13-14-15-16-17-18-19-22(24)25-21-20-23;1-2-3-4-5-6-7-8-9-10-11-12-13-14-15-16-17-18-19-22(25)23-20-21-24/h6-7,9-10,12-13,15-16,20-21,24,30-31H,2-5,8,11,14,17-19,22-23H2,1H3,(H,29,32);6-7,9-10,12-13,15-16,22,24-25H,2-5,8,11,14,17-21H2,1H3;6-7,9-10,12-13,15-16,23-25H,2-5,8,11,14,17-22H2,1H3;6-7,9-10,12-13,15-16H,2-5,8,11,14,17-21,23H2,1H3;6-7,9-10,12-13,15-16,24H,2-5,8,11,14,17-21H2,1H3,(H,23,25)/b5*7-6-,10-9-,13-12-,16-15-. The number of benzene rings is 1. The summed E-state index contributed by atoms with van der Waals surface area (Å²) in [6.45, 7) is 12.4. The van der Waals surface area contributed by atoms with E-state index in [0.29, 0.717) is 71.4 Å². The van der Waals surface area contributed by atoms with Crippen molar-refractivity contribution in [3.63, 3.8) is 0 Å². The number of unbranched alkanes of at least 4 members (excludes halogenated alkanes) is 21. The Morgan fingerprint density at radius 3 is 0.807 bits per heavy atom. The summed E-state index contributed by atoms with van der Waals surface area (Å²) in [5.74, 6) is -0.725. The summed E-state index contributed by atoms with van der Waals surface area (Å²) >= 11 is 0. The molecule has 135 heavy (non-hydrogen) atoms. The molecule has 11 N–H and O–H groups in total. The number of phenols is 2. The molecule has 0 unspecified atom stereocenters. The molecule has 0 fully saturated rings. The molecular weight excluding hydrogens is 1680 g/mol. The van der Waals surface area contributed by atoms with Crippen molar-refractivity contribution in [2.75, 3.05) is 65.9 Å². The summed E-state index contributed by atoms with van der Waals surface area (Å²) in [5.41, 5.74) is 6.15. The van der Waals surface area contributed by atoms with E-state index in [1.54, 1.807) is 6.07 Å². The van der Waals surface area contributed by atoms with Gasteiger partial charge in [0.05, 0.1) is 33.0 Å². The predicted octanol–water partition coefficient (Wildman–Crippen LogP) is 28.3. The van der Waals surface area contributed by atoms with Gasteiger partial charge in [-0.3, -0.25) is 19.2 Å². The second kappa shape index (κ2) is 119. The van der Waals surface area contributed by atoms with E-state index in [4.69, 9.17) is 45.5 Å². The van der Waals surface area contributed by atoms with Gasteiger partial charge in [-0.25, -0.2) is 0 Å². The summed E-state index contributed by atoms with van der Waals surface area (Å²) in [4.78, 5) is 45.8. The summed E-state index contributed by atoms with van der Waals surface area (Å²) in [5, 5.41) is 68.3. The first-order valence-electron chi connectivity index (χ1n) is 52.1. The highest BCUT2D eigenvalue weighted by atomic mass is 16.6. The van der Waals surface area contributed by atoms with Crippen LogP contribution in [0.4, 0.5) is 0 Å². The number of amides is 2. The third kappa shape index (κ3) is 117. The Labute approximate surface area is 823 Å². The van der Waals surface area contributed by atoms with Crippen LogP contribution in [0.15, 0.2) is 261 Å². The molecule has 0 aromatic heterocycles. The summed E-state index contributed by atoms with van der Waals surface area (Å²) in [7, 11) is 0. The first-order chi connectivity index (χ1) is 66.3. The number of esters is 2. The molecule has 17 nitrogen and oxygen atoms in total. The fraction of sp³-hybridized carbons (Fsp3) is 0.576. The number of ether oxygens (including phenoxy) is 3. The van der Waals surface area contributed by atoms with E-state index >= 15 is 0 Å². The molecule has 1 aromatic rings. The fourth-order valence-corrected chi connectivity index (χ4v) is 12.1. The lowest BCUT2D eigenvalue weighted by molar-refractivity contribution is -0.153. The number of allylic oxidation sites excluding steroid dienone is 40. The summed E-state index contributed by atoms with van der Waals surface area (Å²) in [6, 6.07) is 4.72. The topological polar surface area (TPSA) is 288 Å². The van der Waals surface area contributed by atoms with Crippen LogP contribution in [0.1, 0.15) is 361 Å². The van der Waals surface area contributed by atoms with Crippen LogP contribution in [0, 0.1) is 0 Å². The minimum atomic E-state index is -0.797. The van der Waals surface area contributed by atoms with Gasteiger partial charge in [0.15, 0.2) is 11.5 Å². The quantitative estimate of drug-likeness (QED) is 0.0126. The van der Waals surface area contributed by atoms with Crippen molar-refractivity contribution >= 4 is 23.8 Å². The molecule has 0 aliphatic heterocycles. The van der Waals surface area contributed by atoms with Crippen molar-refractivity contribution in [1.82, 2.24) is 10.6 Å². The van der Waals surface area contributed by atoms with Crippen molar-refractivity contribution in [2.45, 2.75) is 374 Å². The fourth-order valence-electron chi connectivity index (χ4n) is 12.1. The van der Waals surface area contributed by atoms with Gasteiger partial charge in [-0.05, 0) is 255 Å². The maximum Gasteiger partial charge on any atom is 0.306 e. The van der Waals surface area contributed by atoms with Crippen LogP contribution in [-0.4, -0.2) is 138 Å². The van der Waals surface area contributed by atoms with Gasteiger partial charge < -0.3 is 66.3 Å². The number of hydrogen-bond donors (Lipinski definition) is 10. The largest absolute Gasteiger partial charge is 0.504 e. The molecular formula is C118H193N3O14. The average Bonchev–Trinajstić information content (AvgIpc) is 0.888. The maximum absolute atomic E-state index is 11.9. The maximum atomic E-state index is 11.9. The van der Waals surface area contributed by atoms with Gasteiger partial charge in [-0.1, -0.05) is 348 Å². The number of nitrogens with one attached hydrogen (secondary N) is 2. The lowest BCUT2D eigenvalue weighted by atomic mass is 10.1. The van der Waals surface area contributed by atoms with E-state index in [0.717, 1.165) is 166 Å². The molecule has 0 spiro atoms. The summed E-state index contributed by atoms with van der Waals surface area (Å²) in [6.07, 6.45) is 139. The Morgan fingerprint density at radius 2 is 0.548 bits per heavy atom. The third-order valence-corrected chi connectivity index (χ3v) is 20.2. The first-order valence-corrected chi connectivity index (χ1v) is 52.1. The molecule has 1 aromatic carbocycles. The normalized spacial score (nSPS) is 12.3. The molecule has 1 rings (SSSR count). The Morgan fingerprint density at radius 1 is 0.296 bits per heavy atom. The first kappa shape index (κ1) is 132. The van der Waals surface area contributed by atoms with Crippen LogP contribution in [-0.2, 0) is 39.8 Å². The highest BCUT2D eigenvalue weighted by molar-refractivity contribution is 5.76. The minimum absolute atomic E-state index is 0.00289. The molecule has 0 atom stereocenters. The van der Waals surface area contributed by atoms with E-state index < -0.39 is 12.2 Å². The van der Waals surface area contributed by atoms with Crippen LogP contribution in [0.3, 0.4) is 0 Å². The second-order valence-electron chi connectivity index (χ2n) is 32.8. The number of hydrogen-bond acceptors (Lipinski definition) is 15. The van der Waals surface area contributed by atoms with Crippen molar-refractivity contribution < 1.29 is 69.1 Å². The Hall–Kier alpha value is -8.78. The highest BCUT2D eigenvalue weighted by Gasteiger charge is 2.12. The monoisotopic (exact) mass is 1880 g/mol. The lowest BCUT2D eigenvalue weighted by Gasteiger charge is -2.11. The van der Waals surface area contributed by atoms with E-state index in [2.05, 4.69) is 288 Å². The van der Waals surface area contributed by atoms with E-state index in [1.165, 1.54) is 141 Å². The zero-order chi connectivity index (χ0) is 99.3. The minimum Gasteiger partial charge on any atom is -0.504 e. The van der Waals surface area contributed by atoms with Gasteiger partial charge in [-0.2, -0.15) is 0 Å². The van der Waals surface area contributed by atoms with E-state index in [1.807, 2.05) is 0 Å². The number of phenolic OH excluding ortho intramolecular Hbond substituents is 2. The van der Waals surface area contributed by atoms with Crippen LogP contribution in [0.2, 0.25) is 0 Å². The van der Waals surface area contributed by atoms with Gasteiger partial charge in [0.2, 0.25) is 11.8 Å². The second-order valence-corrected chi connectivity index (χ2v) is 32.8. The van der Waals surface area contributed by atoms with Gasteiger partial charge in [0.25, 0.3) is 0 Å². The number of nitrogens with two attached hydrogens (primary N) is 1. The molecule has 0 radical (unpaired) electrons. The zero-order valence-corrected chi connectivity index (χ0v) is 85.2.